The lowest BCUT2D eigenvalue weighted by Crippen LogP contribution is -2.43. The van der Waals surface area contributed by atoms with Crippen LogP contribution in [-0.2, 0) is 22.2 Å². The molecule has 4 nitrogen and oxygen atoms in total. The summed E-state index contributed by atoms with van der Waals surface area (Å²) in [6, 6.07) is 8.63. The highest BCUT2D eigenvalue weighted by atomic mass is 32.1. The fourth-order valence-corrected chi connectivity index (χ4v) is 5.12. The maximum Gasteiger partial charge on any atom is 0.235 e. The Bertz CT molecular complexity index is 813. The summed E-state index contributed by atoms with van der Waals surface area (Å²) in [6.07, 6.45) is 3.88. The SMILES string of the molecule is CC(C)(C)c1csc(CNC2CCC3(CC2)C(=O)Nc2ccccc23)n1. The van der Waals surface area contributed by atoms with E-state index in [1.54, 1.807) is 11.3 Å². The van der Waals surface area contributed by atoms with Crippen molar-refractivity contribution < 1.29 is 4.79 Å². The van der Waals surface area contributed by atoms with Gasteiger partial charge in [0.25, 0.3) is 0 Å². The second-order valence-electron chi connectivity index (χ2n) is 8.61. The van der Waals surface area contributed by atoms with Gasteiger partial charge < -0.3 is 10.6 Å². The van der Waals surface area contributed by atoms with Crippen LogP contribution in [0.5, 0.6) is 0 Å². The third-order valence-corrected chi connectivity index (χ3v) is 6.68. The van der Waals surface area contributed by atoms with Gasteiger partial charge in [0, 0.05) is 29.1 Å². The van der Waals surface area contributed by atoms with E-state index >= 15 is 0 Å². The van der Waals surface area contributed by atoms with Gasteiger partial charge in [0.15, 0.2) is 0 Å². The Hall–Kier alpha value is -1.72. The summed E-state index contributed by atoms with van der Waals surface area (Å²) >= 11 is 1.74. The van der Waals surface area contributed by atoms with Crippen LogP contribution in [0, 0.1) is 0 Å². The topological polar surface area (TPSA) is 54.0 Å². The number of para-hydroxylation sites is 1. The van der Waals surface area contributed by atoms with Crippen molar-refractivity contribution in [1.29, 1.82) is 0 Å². The fourth-order valence-electron chi connectivity index (χ4n) is 4.15. The van der Waals surface area contributed by atoms with Crippen molar-refractivity contribution in [3.63, 3.8) is 0 Å². The summed E-state index contributed by atoms with van der Waals surface area (Å²) in [5.74, 6) is 0.187. The van der Waals surface area contributed by atoms with Crippen LogP contribution in [0.3, 0.4) is 0 Å². The predicted molar refractivity (Wildman–Crippen MR) is 107 cm³/mol. The molecule has 0 unspecified atom stereocenters. The highest BCUT2D eigenvalue weighted by molar-refractivity contribution is 7.09. The molecule has 1 aliphatic carbocycles. The molecule has 0 bridgehead atoms. The number of fused-ring (bicyclic) bond motifs is 2. The van der Waals surface area contributed by atoms with Crippen LogP contribution in [0.25, 0.3) is 0 Å². The molecule has 0 atom stereocenters. The third-order valence-electron chi connectivity index (χ3n) is 5.83. The van der Waals surface area contributed by atoms with Crippen LogP contribution in [0.4, 0.5) is 5.69 Å². The minimum atomic E-state index is -0.310. The fraction of sp³-hybridized carbons (Fsp3) is 0.524. The maximum absolute atomic E-state index is 12.7. The first-order valence-corrected chi connectivity index (χ1v) is 10.4. The first-order chi connectivity index (χ1) is 12.4. The van der Waals surface area contributed by atoms with Gasteiger partial charge in [0.1, 0.15) is 5.01 Å². The molecule has 138 valence electrons. The number of benzene rings is 1. The van der Waals surface area contributed by atoms with Crippen molar-refractivity contribution in [2.75, 3.05) is 5.32 Å². The van der Waals surface area contributed by atoms with Crippen LogP contribution in [0.15, 0.2) is 29.6 Å². The number of rotatable bonds is 3. The van der Waals surface area contributed by atoms with E-state index in [1.807, 2.05) is 18.2 Å². The Balaban J connectivity index is 1.37. The molecule has 0 saturated heterocycles. The molecule has 2 aliphatic rings. The maximum atomic E-state index is 12.7. The summed E-state index contributed by atoms with van der Waals surface area (Å²) in [5.41, 5.74) is 3.16. The summed E-state index contributed by atoms with van der Waals surface area (Å²) in [7, 11) is 0. The molecule has 1 fully saturated rings. The lowest BCUT2D eigenvalue weighted by Gasteiger charge is -2.36. The Labute approximate surface area is 159 Å². The molecule has 1 aromatic heterocycles. The molecular formula is C21H27N3OS. The highest BCUT2D eigenvalue weighted by Crippen LogP contribution is 2.47. The smallest absolute Gasteiger partial charge is 0.235 e. The van der Waals surface area contributed by atoms with Crippen LogP contribution >= 0.6 is 11.3 Å². The summed E-state index contributed by atoms with van der Waals surface area (Å²) < 4.78 is 0. The number of nitrogens with zero attached hydrogens (tertiary/aromatic N) is 1. The van der Waals surface area contributed by atoms with Crippen molar-refractivity contribution in [3.8, 4) is 0 Å². The van der Waals surface area contributed by atoms with Crippen LogP contribution in [0.2, 0.25) is 0 Å². The van der Waals surface area contributed by atoms with Crippen LogP contribution < -0.4 is 10.6 Å². The van der Waals surface area contributed by atoms with E-state index < -0.39 is 0 Å². The number of nitrogens with one attached hydrogen (secondary N) is 2. The van der Waals surface area contributed by atoms with E-state index in [0.29, 0.717) is 6.04 Å². The molecule has 1 saturated carbocycles. The standard InChI is InChI=1S/C21H27N3OS/c1-20(2,3)17-13-26-18(24-17)12-22-14-8-10-21(11-9-14)15-6-4-5-7-16(15)23-19(21)25/h4-7,13-14,22H,8-12H2,1-3H3,(H,23,25). The number of amides is 1. The predicted octanol–water partition coefficient (Wildman–Crippen LogP) is 4.36. The number of aromatic nitrogens is 1. The zero-order valence-corrected chi connectivity index (χ0v) is 16.6. The van der Waals surface area contributed by atoms with Crippen molar-refractivity contribution in [3.05, 3.63) is 45.9 Å². The molecule has 1 amide bonds. The number of hydrogen-bond donors (Lipinski definition) is 2. The average molecular weight is 370 g/mol. The van der Waals surface area contributed by atoms with Gasteiger partial charge in [-0.3, -0.25) is 4.79 Å². The van der Waals surface area contributed by atoms with E-state index in [9.17, 15) is 4.79 Å². The third kappa shape index (κ3) is 3.08. The molecular weight excluding hydrogens is 342 g/mol. The van der Waals surface area contributed by atoms with Crippen molar-refractivity contribution in [2.45, 2.75) is 69.9 Å². The Morgan fingerprint density at radius 2 is 2.00 bits per heavy atom. The molecule has 0 radical (unpaired) electrons. The Morgan fingerprint density at radius 3 is 2.69 bits per heavy atom. The zero-order chi connectivity index (χ0) is 18.4. The summed E-state index contributed by atoms with van der Waals surface area (Å²) in [4.78, 5) is 17.4. The van der Waals surface area contributed by atoms with Gasteiger partial charge >= 0.3 is 0 Å². The van der Waals surface area contributed by atoms with E-state index in [-0.39, 0.29) is 16.7 Å². The molecule has 26 heavy (non-hydrogen) atoms. The first-order valence-electron chi connectivity index (χ1n) is 9.48. The van der Waals surface area contributed by atoms with Gasteiger partial charge in [-0.1, -0.05) is 39.0 Å². The number of thiazole rings is 1. The van der Waals surface area contributed by atoms with Gasteiger partial charge in [0.2, 0.25) is 5.91 Å². The molecule has 2 heterocycles. The summed E-state index contributed by atoms with van der Waals surface area (Å²) in [6.45, 7) is 7.42. The van der Waals surface area contributed by atoms with E-state index in [4.69, 9.17) is 4.98 Å². The van der Waals surface area contributed by atoms with Gasteiger partial charge in [0.05, 0.1) is 11.1 Å². The number of carbonyl (C=O) groups excluding carboxylic acids is 1. The van der Waals surface area contributed by atoms with Gasteiger partial charge in [-0.25, -0.2) is 4.98 Å². The molecule has 2 aromatic rings. The molecule has 1 aliphatic heterocycles. The van der Waals surface area contributed by atoms with Gasteiger partial charge in [-0.05, 0) is 37.3 Å². The number of hydrogen-bond acceptors (Lipinski definition) is 4. The lowest BCUT2D eigenvalue weighted by atomic mass is 9.69. The average Bonchev–Trinajstić information content (AvgIpc) is 3.19. The first kappa shape index (κ1) is 17.7. The molecule has 5 heteroatoms. The Kier molecular flexibility index (Phi) is 4.40. The molecule has 1 spiro atoms. The normalized spacial score (nSPS) is 25.3. The minimum absolute atomic E-state index is 0.106. The van der Waals surface area contributed by atoms with Gasteiger partial charge in [-0.15, -0.1) is 11.3 Å². The van der Waals surface area contributed by atoms with Crippen molar-refractivity contribution in [2.24, 2.45) is 0 Å². The van der Waals surface area contributed by atoms with E-state index in [1.165, 1.54) is 11.3 Å². The quantitative estimate of drug-likeness (QED) is 0.845. The second kappa shape index (κ2) is 6.46. The van der Waals surface area contributed by atoms with Crippen LogP contribution in [-0.4, -0.2) is 16.9 Å². The summed E-state index contributed by atoms with van der Waals surface area (Å²) in [5, 5.41) is 10.1. The van der Waals surface area contributed by atoms with Gasteiger partial charge in [-0.2, -0.15) is 0 Å². The van der Waals surface area contributed by atoms with Crippen molar-refractivity contribution >= 4 is 22.9 Å². The van der Waals surface area contributed by atoms with E-state index in [0.717, 1.165) is 42.9 Å². The minimum Gasteiger partial charge on any atom is -0.325 e. The monoisotopic (exact) mass is 369 g/mol. The molecule has 4 rings (SSSR count). The molecule has 2 N–H and O–H groups in total. The Morgan fingerprint density at radius 1 is 1.27 bits per heavy atom. The number of carbonyl (C=O) groups is 1. The molecule has 1 aromatic carbocycles. The van der Waals surface area contributed by atoms with Crippen molar-refractivity contribution in [1.82, 2.24) is 10.3 Å². The number of anilines is 1. The zero-order valence-electron chi connectivity index (χ0n) is 15.8. The lowest BCUT2D eigenvalue weighted by molar-refractivity contribution is -0.122. The van der Waals surface area contributed by atoms with E-state index in [2.05, 4.69) is 42.9 Å². The largest absolute Gasteiger partial charge is 0.325 e. The second-order valence-corrected chi connectivity index (χ2v) is 9.56. The highest BCUT2D eigenvalue weighted by Gasteiger charge is 2.48. The van der Waals surface area contributed by atoms with Crippen LogP contribution in [0.1, 0.15) is 62.7 Å².